The van der Waals surface area contributed by atoms with Crippen molar-refractivity contribution in [2.24, 2.45) is 0 Å². The van der Waals surface area contributed by atoms with Crippen LogP contribution in [0.3, 0.4) is 0 Å². The summed E-state index contributed by atoms with van der Waals surface area (Å²) in [6.07, 6.45) is 7.23. The molecule has 2 heterocycles. The molecule has 0 spiro atoms. The Labute approximate surface area is 176 Å². The molecule has 0 saturated carbocycles. The van der Waals surface area contributed by atoms with Gasteiger partial charge in [-0.05, 0) is 37.1 Å². The number of benzene rings is 1. The van der Waals surface area contributed by atoms with Gasteiger partial charge in [0.05, 0.1) is 24.7 Å². The smallest absolute Gasteiger partial charge is 0.330 e. The van der Waals surface area contributed by atoms with E-state index in [0.717, 1.165) is 31.7 Å². The molecule has 0 bridgehead atoms. The van der Waals surface area contributed by atoms with Gasteiger partial charge in [0, 0.05) is 44.4 Å². The first-order valence-electron chi connectivity index (χ1n) is 10.0. The summed E-state index contributed by atoms with van der Waals surface area (Å²) >= 11 is 0. The predicted molar refractivity (Wildman–Crippen MR) is 116 cm³/mol. The molecule has 0 unspecified atom stereocenters. The van der Waals surface area contributed by atoms with E-state index < -0.39 is 5.97 Å². The van der Waals surface area contributed by atoms with Crippen molar-refractivity contribution in [3.63, 3.8) is 0 Å². The third-order valence-electron chi connectivity index (χ3n) is 4.63. The fraction of sp³-hybridized carbons (Fsp3) is 0.364. The van der Waals surface area contributed by atoms with Crippen molar-refractivity contribution < 1.29 is 14.3 Å². The molecule has 1 amide bonds. The molecule has 1 aromatic heterocycles. The Hall–Kier alpha value is -3.26. The number of anilines is 2. The van der Waals surface area contributed by atoms with E-state index in [1.54, 1.807) is 25.4 Å². The normalized spacial score (nSPS) is 16.5. The molecule has 3 rings (SSSR count). The number of rotatable bonds is 8. The Bertz CT molecular complexity index is 898. The van der Waals surface area contributed by atoms with E-state index in [9.17, 15) is 9.59 Å². The highest BCUT2D eigenvalue weighted by atomic mass is 16.5. The van der Waals surface area contributed by atoms with E-state index in [0.29, 0.717) is 24.2 Å². The number of nitrogens with one attached hydrogen (secondary N) is 2. The van der Waals surface area contributed by atoms with E-state index in [-0.39, 0.29) is 5.91 Å². The Balaban J connectivity index is 1.49. The standard InChI is InChI=1S/C22H27N5O3/c1-3-30-22(29)8-7-19-12-24-21(13-23-19)26-20-9-10-27(15-20)14-17-5-4-6-18(11-17)25-16(2)28/h4-8,11-13,20H,3,9-10,14-15H2,1-2H3,(H,24,26)(H,25,28)/t20-/m1/s1. The zero-order chi connectivity index (χ0) is 21.3. The lowest BCUT2D eigenvalue weighted by Gasteiger charge is -2.17. The van der Waals surface area contributed by atoms with Crippen molar-refractivity contribution in [1.82, 2.24) is 14.9 Å². The van der Waals surface area contributed by atoms with Gasteiger partial charge in [-0.3, -0.25) is 14.7 Å². The highest BCUT2D eigenvalue weighted by Gasteiger charge is 2.22. The maximum atomic E-state index is 11.3. The zero-order valence-electron chi connectivity index (χ0n) is 17.3. The molecule has 0 radical (unpaired) electrons. The lowest BCUT2D eigenvalue weighted by atomic mass is 10.2. The molecule has 8 nitrogen and oxygen atoms in total. The van der Waals surface area contributed by atoms with Gasteiger partial charge in [-0.25, -0.2) is 9.78 Å². The van der Waals surface area contributed by atoms with Crippen LogP contribution in [0.1, 0.15) is 31.5 Å². The second-order valence-electron chi connectivity index (χ2n) is 7.16. The molecular formula is C22H27N5O3. The van der Waals surface area contributed by atoms with Crippen LogP contribution < -0.4 is 10.6 Å². The van der Waals surface area contributed by atoms with Crippen molar-refractivity contribution >= 4 is 29.5 Å². The van der Waals surface area contributed by atoms with E-state index in [4.69, 9.17) is 4.74 Å². The highest BCUT2D eigenvalue weighted by molar-refractivity contribution is 5.88. The lowest BCUT2D eigenvalue weighted by Crippen LogP contribution is -2.26. The van der Waals surface area contributed by atoms with Gasteiger partial charge < -0.3 is 15.4 Å². The third-order valence-corrected chi connectivity index (χ3v) is 4.63. The molecule has 1 aliphatic rings. The average molecular weight is 409 g/mol. The van der Waals surface area contributed by atoms with Crippen molar-refractivity contribution in [1.29, 1.82) is 0 Å². The summed E-state index contributed by atoms with van der Waals surface area (Å²) in [5.74, 6) is 0.249. The quantitative estimate of drug-likeness (QED) is 0.511. The molecular weight excluding hydrogens is 382 g/mol. The minimum atomic E-state index is -0.393. The van der Waals surface area contributed by atoms with Crippen LogP contribution in [0.15, 0.2) is 42.7 Å². The number of hydrogen-bond acceptors (Lipinski definition) is 7. The highest BCUT2D eigenvalue weighted by Crippen LogP contribution is 2.18. The number of amides is 1. The number of ether oxygens (including phenoxy) is 1. The van der Waals surface area contributed by atoms with Crippen LogP contribution in [-0.2, 0) is 20.9 Å². The Morgan fingerprint density at radius 2 is 2.17 bits per heavy atom. The predicted octanol–water partition coefficient (Wildman–Crippen LogP) is 2.70. The van der Waals surface area contributed by atoms with Crippen LogP contribution in [0.25, 0.3) is 6.08 Å². The first-order valence-corrected chi connectivity index (χ1v) is 10.0. The molecule has 1 aliphatic heterocycles. The topological polar surface area (TPSA) is 96.5 Å². The summed E-state index contributed by atoms with van der Waals surface area (Å²) in [6.45, 7) is 6.33. The summed E-state index contributed by atoms with van der Waals surface area (Å²) < 4.78 is 4.84. The van der Waals surface area contributed by atoms with Crippen LogP contribution in [0, 0.1) is 0 Å². The first kappa shape index (κ1) is 21.4. The second-order valence-corrected chi connectivity index (χ2v) is 7.16. The average Bonchev–Trinajstić information content (AvgIpc) is 3.14. The summed E-state index contributed by atoms with van der Waals surface area (Å²) in [6, 6.07) is 8.22. The SMILES string of the molecule is CCOC(=O)C=Cc1cnc(N[C@@H]2CCN(Cc3cccc(NC(C)=O)c3)C2)cn1. The molecule has 1 atom stereocenters. The zero-order valence-corrected chi connectivity index (χ0v) is 17.3. The second kappa shape index (κ2) is 10.5. The van der Waals surface area contributed by atoms with Gasteiger partial charge in [-0.2, -0.15) is 0 Å². The van der Waals surface area contributed by atoms with Gasteiger partial charge in [-0.15, -0.1) is 0 Å². The van der Waals surface area contributed by atoms with Gasteiger partial charge >= 0.3 is 5.97 Å². The molecule has 158 valence electrons. The molecule has 1 aromatic carbocycles. The van der Waals surface area contributed by atoms with Crippen LogP contribution in [0.5, 0.6) is 0 Å². The fourth-order valence-corrected chi connectivity index (χ4v) is 3.35. The minimum Gasteiger partial charge on any atom is -0.463 e. The molecule has 2 N–H and O–H groups in total. The number of aromatic nitrogens is 2. The third kappa shape index (κ3) is 6.66. The van der Waals surface area contributed by atoms with Crippen molar-refractivity contribution in [2.75, 3.05) is 30.3 Å². The Morgan fingerprint density at radius 3 is 2.90 bits per heavy atom. The largest absolute Gasteiger partial charge is 0.463 e. The van der Waals surface area contributed by atoms with Crippen LogP contribution in [-0.4, -0.2) is 52.5 Å². The van der Waals surface area contributed by atoms with Crippen molar-refractivity contribution in [2.45, 2.75) is 32.9 Å². The fourth-order valence-electron chi connectivity index (χ4n) is 3.35. The van der Waals surface area contributed by atoms with Gasteiger partial charge in [-0.1, -0.05) is 12.1 Å². The number of likely N-dealkylation sites (tertiary alicyclic amines) is 1. The molecule has 8 heteroatoms. The number of carbonyl (C=O) groups is 2. The Morgan fingerprint density at radius 1 is 1.30 bits per heavy atom. The summed E-state index contributed by atoms with van der Waals surface area (Å²) in [5, 5.41) is 6.24. The lowest BCUT2D eigenvalue weighted by molar-refractivity contribution is -0.137. The van der Waals surface area contributed by atoms with Gasteiger partial charge in [0.25, 0.3) is 0 Å². The van der Waals surface area contributed by atoms with Crippen LogP contribution in [0.4, 0.5) is 11.5 Å². The molecule has 1 saturated heterocycles. The van der Waals surface area contributed by atoms with Gasteiger partial charge in [0.1, 0.15) is 5.82 Å². The van der Waals surface area contributed by atoms with Crippen LogP contribution >= 0.6 is 0 Å². The van der Waals surface area contributed by atoms with Crippen LogP contribution in [0.2, 0.25) is 0 Å². The van der Waals surface area contributed by atoms with E-state index in [1.807, 2.05) is 18.2 Å². The summed E-state index contributed by atoms with van der Waals surface area (Å²) in [5.41, 5.74) is 2.58. The molecule has 1 fully saturated rings. The molecule has 0 aliphatic carbocycles. The number of esters is 1. The summed E-state index contributed by atoms with van der Waals surface area (Å²) in [7, 11) is 0. The van der Waals surface area contributed by atoms with Crippen molar-refractivity contribution in [3.05, 3.63) is 54.0 Å². The monoisotopic (exact) mass is 409 g/mol. The van der Waals surface area contributed by atoms with E-state index >= 15 is 0 Å². The number of nitrogens with zero attached hydrogens (tertiary/aromatic N) is 3. The molecule has 30 heavy (non-hydrogen) atoms. The van der Waals surface area contributed by atoms with Crippen molar-refractivity contribution in [3.8, 4) is 0 Å². The number of carbonyl (C=O) groups excluding carboxylic acids is 2. The van der Waals surface area contributed by atoms with Gasteiger partial charge in [0.2, 0.25) is 5.91 Å². The maximum absolute atomic E-state index is 11.3. The van der Waals surface area contributed by atoms with E-state index in [2.05, 4.69) is 31.6 Å². The maximum Gasteiger partial charge on any atom is 0.330 e. The Kier molecular flexibility index (Phi) is 7.51. The number of hydrogen-bond donors (Lipinski definition) is 2. The molecule has 2 aromatic rings. The summed E-state index contributed by atoms with van der Waals surface area (Å²) in [4.78, 5) is 33.6. The first-order chi connectivity index (χ1) is 14.5. The minimum absolute atomic E-state index is 0.0684. The van der Waals surface area contributed by atoms with Gasteiger partial charge in [0.15, 0.2) is 0 Å². The van der Waals surface area contributed by atoms with E-state index in [1.165, 1.54) is 18.6 Å².